The molecule has 3 aromatic rings. The van der Waals surface area contributed by atoms with Gasteiger partial charge < -0.3 is 14.7 Å². The largest absolute Gasteiger partial charge is 0.342 e. The summed E-state index contributed by atoms with van der Waals surface area (Å²) in [6.45, 7) is 2.65. The number of carbonyl (C=O) groups excluding carboxylic acids is 2. The highest BCUT2D eigenvalue weighted by Crippen LogP contribution is 2.51. The van der Waals surface area contributed by atoms with E-state index in [-0.39, 0.29) is 35.5 Å². The minimum atomic E-state index is -0.332. The molecule has 2 N–H and O–H groups in total. The van der Waals surface area contributed by atoms with Gasteiger partial charge in [-0.2, -0.15) is 4.98 Å². The highest BCUT2D eigenvalue weighted by atomic mass is 32.1. The first kappa shape index (κ1) is 20.6. The van der Waals surface area contributed by atoms with Gasteiger partial charge in [-0.15, -0.1) is 11.3 Å². The van der Waals surface area contributed by atoms with Crippen LogP contribution < -0.4 is 10.6 Å². The van der Waals surface area contributed by atoms with Gasteiger partial charge in [-0.1, -0.05) is 5.16 Å². The third-order valence-electron chi connectivity index (χ3n) is 6.06. The van der Waals surface area contributed by atoms with Crippen LogP contribution in [0.3, 0.4) is 0 Å². The molecule has 1 aliphatic carbocycles. The fourth-order valence-corrected chi connectivity index (χ4v) is 5.69. The number of carbonyl (C=O) groups is 2. The maximum atomic E-state index is 13.3. The molecule has 32 heavy (non-hydrogen) atoms. The Kier molecular flexibility index (Phi) is 5.12. The fourth-order valence-electron chi connectivity index (χ4n) is 4.57. The van der Waals surface area contributed by atoms with E-state index in [0.717, 1.165) is 10.6 Å². The van der Waals surface area contributed by atoms with E-state index in [9.17, 15) is 14.0 Å². The van der Waals surface area contributed by atoms with E-state index in [2.05, 4.69) is 25.8 Å². The van der Waals surface area contributed by atoms with Gasteiger partial charge in [0, 0.05) is 43.4 Å². The topological polar surface area (TPSA) is 113 Å². The molecule has 1 saturated heterocycles. The quantitative estimate of drug-likeness (QED) is 0.627. The van der Waals surface area contributed by atoms with Gasteiger partial charge in [0.25, 0.3) is 0 Å². The van der Waals surface area contributed by atoms with E-state index in [1.807, 2.05) is 4.90 Å². The Balaban J connectivity index is 1.50. The van der Waals surface area contributed by atoms with Crippen molar-refractivity contribution in [2.45, 2.75) is 25.2 Å². The summed E-state index contributed by atoms with van der Waals surface area (Å²) in [5, 5.41) is 9.91. The number of fused-ring (bicyclic) bond motifs is 4. The molecule has 2 aliphatic rings. The number of anilines is 1. The van der Waals surface area contributed by atoms with Gasteiger partial charge in [0.2, 0.25) is 17.6 Å². The van der Waals surface area contributed by atoms with Crippen molar-refractivity contribution in [3.8, 4) is 11.4 Å². The maximum Gasteiger partial charge on any atom is 0.320 e. The number of halogens is 1. The first-order valence-electron chi connectivity index (χ1n) is 10.3. The highest BCUT2D eigenvalue weighted by molar-refractivity contribution is 7.16. The predicted octanol–water partition coefficient (Wildman–Crippen LogP) is 2.99. The Labute approximate surface area is 187 Å². The smallest absolute Gasteiger partial charge is 0.320 e. The average molecular weight is 457 g/mol. The maximum absolute atomic E-state index is 13.3. The van der Waals surface area contributed by atoms with E-state index >= 15 is 0 Å². The first-order valence-corrected chi connectivity index (χ1v) is 11.1. The molecule has 5 rings (SSSR count). The van der Waals surface area contributed by atoms with Gasteiger partial charge in [-0.25, -0.2) is 14.2 Å². The molecule has 2 bridgehead atoms. The number of nitrogens with one attached hydrogen (secondary N) is 2. The Bertz CT molecular complexity index is 1180. The van der Waals surface area contributed by atoms with Crippen LogP contribution in [0, 0.1) is 11.7 Å². The number of hydrogen-bond acceptors (Lipinski definition) is 7. The second kappa shape index (κ2) is 7.97. The molecule has 3 unspecified atom stereocenters. The number of likely N-dealkylation sites (tertiary alicyclic amines) is 1. The molecule has 0 spiro atoms. The van der Waals surface area contributed by atoms with Crippen LogP contribution in [0.25, 0.3) is 11.4 Å². The minimum Gasteiger partial charge on any atom is -0.342 e. The molecule has 1 aromatic carbocycles. The van der Waals surface area contributed by atoms with Gasteiger partial charge >= 0.3 is 6.03 Å². The number of thiazole rings is 1. The fraction of sp³-hybridized carbons (Fsp3) is 0.381. The molecule has 1 fully saturated rings. The van der Waals surface area contributed by atoms with Crippen molar-refractivity contribution >= 4 is 28.4 Å². The van der Waals surface area contributed by atoms with Crippen molar-refractivity contribution in [3.63, 3.8) is 0 Å². The number of nitrogens with zero attached hydrogens (tertiary/aromatic N) is 4. The number of benzene rings is 1. The minimum absolute atomic E-state index is 0.0210. The van der Waals surface area contributed by atoms with Crippen LogP contribution in [-0.2, 0) is 11.2 Å². The zero-order valence-electron chi connectivity index (χ0n) is 17.5. The number of hydrogen-bond donors (Lipinski definition) is 2. The SMILES string of the molecule is CNC(=O)Nc1nc2c(s1)C1CN(C(C)=O)CC(C2)C1c1nc(-c2ccc(F)cc2)no1. The molecule has 0 radical (unpaired) electrons. The second-order valence-electron chi connectivity index (χ2n) is 8.02. The van der Waals surface area contributed by atoms with Gasteiger partial charge in [0.15, 0.2) is 5.13 Å². The summed E-state index contributed by atoms with van der Waals surface area (Å²) in [7, 11) is 1.55. The molecule has 1 aliphatic heterocycles. The van der Waals surface area contributed by atoms with E-state index in [1.54, 1.807) is 26.1 Å². The van der Waals surface area contributed by atoms with E-state index < -0.39 is 0 Å². The number of rotatable bonds is 3. The van der Waals surface area contributed by atoms with Crippen molar-refractivity contribution in [2.75, 3.05) is 25.5 Å². The average Bonchev–Trinajstić information content (AvgIpc) is 3.40. The Morgan fingerprint density at radius 1 is 1.22 bits per heavy atom. The van der Waals surface area contributed by atoms with Crippen LogP contribution in [0.15, 0.2) is 28.8 Å². The molecular formula is C21H21FN6O3S. The molecule has 11 heteroatoms. The summed E-state index contributed by atoms with van der Waals surface area (Å²) in [6.07, 6.45) is 0.639. The zero-order chi connectivity index (χ0) is 22.4. The van der Waals surface area contributed by atoms with Crippen molar-refractivity contribution < 1.29 is 18.5 Å². The summed E-state index contributed by atoms with van der Waals surface area (Å²) in [4.78, 5) is 36.0. The van der Waals surface area contributed by atoms with Crippen LogP contribution in [-0.4, -0.2) is 52.1 Å². The molecule has 2 aromatic heterocycles. The summed E-state index contributed by atoms with van der Waals surface area (Å²) in [5.41, 5.74) is 1.61. The highest BCUT2D eigenvalue weighted by Gasteiger charge is 2.48. The monoisotopic (exact) mass is 456 g/mol. The Morgan fingerprint density at radius 3 is 2.72 bits per heavy atom. The molecule has 166 valence electrons. The van der Waals surface area contributed by atoms with Crippen molar-refractivity contribution in [3.05, 3.63) is 46.5 Å². The molecule has 3 heterocycles. The number of amides is 3. The third kappa shape index (κ3) is 3.62. The van der Waals surface area contributed by atoms with Crippen LogP contribution in [0.2, 0.25) is 0 Å². The Morgan fingerprint density at radius 2 is 2.00 bits per heavy atom. The predicted molar refractivity (Wildman–Crippen MR) is 115 cm³/mol. The molecular weight excluding hydrogens is 435 g/mol. The van der Waals surface area contributed by atoms with Gasteiger partial charge in [0.05, 0.1) is 11.6 Å². The van der Waals surface area contributed by atoms with Gasteiger partial charge in [0.1, 0.15) is 5.82 Å². The first-order chi connectivity index (χ1) is 15.4. The van der Waals surface area contributed by atoms with Crippen LogP contribution >= 0.6 is 11.3 Å². The van der Waals surface area contributed by atoms with Crippen molar-refractivity contribution in [2.24, 2.45) is 5.92 Å². The lowest BCUT2D eigenvalue weighted by Crippen LogP contribution is -2.49. The van der Waals surface area contributed by atoms with E-state index in [0.29, 0.717) is 41.9 Å². The zero-order valence-corrected chi connectivity index (χ0v) is 18.3. The van der Waals surface area contributed by atoms with Crippen LogP contribution in [0.5, 0.6) is 0 Å². The number of aromatic nitrogens is 3. The molecule has 9 nitrogen and oxygen atoms in total. The molecule has 0 saturated carbocycles. The summed E-state index contributed by atoms with van der Waals surface area (Å²) < 4.78 is 18.9. The number of urea groups is 1. The lowest BCUT2D eigenvalue weighted by Gasteiger charge is -2.44. The lowest BCUT2D eigenvalue weighted by molar-refractivity contribution is -0.131. The van der Waals surface area contributed by atoms with Crippen LogP contribution in [0.4, 0.5) is 14.3 Å². The Hall–Kier alpha value is -3.34. The summed E-state index contributed by atoms with van der Waals surface area (Å²) >= 11 is 1.41. The molecule has 3 amide bonds. The third-order valence-corrected chi connectivity index (χ3v) is 7.20. The van der Waals surface area contributed by atoms with E-state index in [4.69, 9.17) is 4.52 Å². The van der Waals surface area contributed by atoms with Crippen molar-refractivity contribution in [1.29, 1.82) is 0 Å². The van der Waals surface area contributed by atoms with Gasteiger partial charge in [-0.05, 0) is 36.6 Å². The molecule has 3 atom stereocenters. The van der Waals surface area contributed by atoms with Crippen LogP contribution in [0.1, 0.15) is 35.2 Å². The summed E-state index contributed by atoms with van der Waals surface area (Å²) in [6, 6.07) is 5.61. The second-order valence-corrected chi connectivity index (χ2v) is 9.05. The number of piperidine rings is 1. The van der Waals surface area contributed by atoms with Gasteiger partial charge in [-0.3, -0.25) is 10.1 Å². The standard InChI is InChI=1S/C21H21FN6O3S/c1-10(29)28-8-12-7-15-17(32-21(24-15)26-20(30)23-2)14(9-28)16(12)19-25-18(27-31-19)11-3-5-13(22)6-4-11/h3-6,12,14,16H,7-9H2,1-2H3,(H2,23,24,26,30). The van der Waals surface area contributed by atoms with Crippen molar-refractivity contribution in [1.82, 2.24) is 25.3 Å². The van der Waals surface area contributed by atoms with E-state index in [1.165, 1.54) is 23.5 Å². The summed E-state index contributed by atoms with van der Waals surface area (Å²) in [5.74, 6) is 0.506. The lowest BCUT2D eigenvalue weighted by atomic mass is 9.70. The normalized spacial score (nSPS) is 21.7.